The van der Waals surface area contributed by atoms with Crippen molar-refractivity contribution in [1.29, 1.82) is 0 Å². The first-order valence-electron chi connectivity index (χ1n) is 4.98. The van der Waals surface area contributed by atoms with Crippen LogP contribution in [0.15, 0.2) is 29.2 Å². The third-order valence-corrected chi connectivity index (χ3v) is 3.18. The Hall–Kier alpha value is -1.07. The van der Waals surface area contributed by atoms with Gasteiger partial charge in [0.2, 0.25) is 0 Å². The molecule has 1 aromatic rings. The van der Waals surface area contributed by atoms with E-state index in [1.54, 1.807) is 24.3 Å². The van der Waals surface area contributed by atoms with E-state index in [1.807, 2.05) is 19.0 Å². The lowest BCUT2D eigenvalue weighted by atomic mass is 10.3. The Bertz CT molecular complexity index is 440. The van der Waals surface area contributed by atoms with Crippen LogP contribution in [0.5, 0.6) is 5.75 Å². The summed E-state index contributed by atoms with van der Waals surface area (Å²) < 4.78 is 28.4. The van der Waals surface area contributed by atoms with Crippen LogP contribution in [0.25, 0.3) is 0 Å². The molecular weight excluding hydrogens is 226 g/mol. The fourth-order valence-corrected chi connectivity index (χ4v) is 2.03. The van der Waals surface area contributed by atoms with Gasteiger partial charge in [-0.25, -0.2) is 8.42 Å². The highest BCUT2D eigenvalue weighted by atomic mass is 32.2. The van der Waals surface area contributed by atoms with Gasteiger partial charge in [0.05, 0.1) is 0 Å². The second kappa shape index (κ2) is 5.32. The fraction of sp³-hybridized carbons (Fsp3) is 0.455. The van der Waals surface area contributed by atoms with E-state index in [1.165, 1.54) is 6.26 Å². The number of hydrogen-bond acceptors (Lipinski definition) is 4. The minimum Gasteiger partial charge on any atom is -0.491 e. The summed E-state index contributed by atoms with van der Waals surface area (Å²) >= 11 is 0. The molecule has 0 N–H and O–H groups in total. The fourth-order valence-electron chi connectivity index (χ4n) is 1.21. The highest BCUT2D eigenvalue weighted by Gasteiger charge is 2.13. The number of nitrogens with zero attached hydrogens (tertiary/aromatic N) is 1. The third-order valence-electron chi connectivity index (χ3n) is 2.04. The molecule has 0 bridgehead atoms. The normalized spacial score (nSPS) is 11.8. The van der Waals surface area contributed by atoms with Crippen LogP contribution in [0.2, 0.25) is 0 Å². The highest BCUT2D eigenvalue weighted by molar-refractivity contribution is 7.90. The van der Waals surface area contributed by atoms with E-state index in [0.717, 1.165) is 6.54 Å². The zero-order valence-corrected chi connectivity index (χ0v) is 10.6. The Kier molecular flexibility index (Phi) is 4.32. The van der Waals surface area contributed by atoms with Crippen LogP contribution in [-0.4, -0.2) is 46.8 Å². The van der Waals surface area contributed by atoms with E-state index in [-0.39, 0.29) is 4.90 Å². The Morgan fingerprint density at radius 2 is 1.88 bits per heavy atom. The van der Waals surface area contributed by atoms with Crippen molar-refractivity contribution < 1.29 is 13.2 Å². The summed E-state index contributed by atoms with van der Waals surface area (Å²) in [5.41, 5.74) is 0. The molecule has 0 unspecified atom stereocenters. The van der Waals surface area contributed by atoms with Gasteiger partial charge in [0.15, 0.2) is 9.84 Å². The van der Waals surface area contributed by atoms with Crippen LogP contribution in [0.3, 0.4) is 0 Å². The molecular formula is C11H17NO3S. The van der Waals surface area contributed by atoms with E-state index < -0.39 is 9.84 Å². The topological polar surface area (TPSA) is 46.6 Å². The van der Waals surface area contributed by atoms with E-state index in [9.17, 15) is 8.42 Å². The van der Waals surface area contributed by atoms with Crippen molar-refractivity contribution >= 4 is 9.84 Å². The summed E-state index contributed by atoms with van der Waals surface area (Å²) in [7, 11) is 0.650. The van der Waals surface area contributed by atoms with Crippen LogP contribution in [0.1, 0.15) is 0 Å². The second-order valence-electron chi connectivity index (χ2n) is 3.87. The van der Waals surface area contributed by atoms with Crippen molar-refractivity contribution in [2.45, 2.75) is 4.90 Å². The van der Waals surface area contributed by atoms with Gasteiger partial charge in [-0.15, -0.1) is 0 Å². The molecule has 0 fully saturated rings. The molecule has 0 aliphatic heterocycles. The number of para-hydroxylation sites is 1. The van der Waals surface area contributed by atoms with Gasteiger partial charge < -0.3 is 9.64 Å². The average molecular weight is 243 g/mol. The zero-order valence-electron chi connectivity index (χ0n) is 9.80. The Balaban J connectivity index is 2.80. The minimum absolute atomic E-state index is 0.244. The molecule has 5 heteroatoms. The molecule has 0 atom stereocenters. The molecule has 0 spiro atoms. The molecule has 16 heavy (non-hydrogen) atoms. The molecule has 0 saturated carbocycles. The molecule has 4 nitrogen and oxygen atoms in total. The molecule has 0 aromatic heterocycles. The number of sulfone groups is 1. The Morgan fingerprint density at radius 3 is 2.44 bits per heavy atom. The van der Waals surface area contributed by atoms with Crippen LogP contribution < -0.4 is 4.74 Å². The third kappa shape index (κ3) is 3.83. The molecule has 1 rings (SSSR count). The van der Waals surface area contributed by atoms with Gasteiger partial charge in [-0.05, 0) is 26.2 Å². The van der Waals surface area contributed by atoms with Crippen LogP contribution in [0.4, 0.5) is 0 Å². The predicted molar refractivity (Wildman–Crippen MR) is 63.6 cm³/mol. The molecule has 0 radical (unpaired) electrons. The smallest absolute Gasteiger partial charge is 0.179 e. The lowest BCUT2D eigenvalue weighted by Crippen LogP contribution is -2.20. The number of likely N-dealkylation sites (N-methyl/N-ethyl adjacent to an activating group) is 1. The standard InChI is InChI=1S/C11H17NO3S/c1-12(2)8-9-15-10-6-4-5-7-11(10)16(3,13)14/h4-7H,8-9H2,1-3H3. The number of benzene rings is 1. The molecule has 1 aromatic carbocycles. The number of hydrogen-bond donors (Lipinski definition) is 0. The van der Waals surface area contributed by atoms with Crippen molar-refractivity contribution in [1.82, 2.24) is 4.90 Å². The van der Waals surface area contributed by atoms with Crippen LogP contribution in [-0.2, 0) is 9.84 Å². The molecule has 0 amide bonds. The van der Waals surface area contributed by atoms with E-state index in [2.05, 4.69) is 0 Å². The van der Waals surface area contributed by atoms with Crippen LogP contribution in [0, 0.1) is 0 Å². The van der Waals surface area contributed by atoms with Gasteiger partial charge in [0.25, 0.3) is 0 Å². The second-order valence-corrected chi connectivity index (χ2v) is 5.85. The molecule has 0 aliphatic rings. The number of rotatable bonds is 5. The molecule has 0 aliphatic carbocycles. The Labute approximate surface area is 96.8 Å². The van der Waals surface area contributed by atoms with Gasteiger partial charge in [-0.1, -0.05) is 12.1 Å². The van der Waals surface area contributed by atoms with Crippen molar-refractivity contribution in [2.24, 2.45) is 0 Å². The minimum atomic E-state index is -3.22. The molecule has 0 heterocycles. The number of ether oxygens (including phenoxy) is 1. The van der Waals surface area contributed by atoms with Gasteiger partial charge in [0, 0.05) is 12.8 Å². The van der Waals surface area contributed by atoms with Crippen molar-refractivity contribution in [2.75, 3.05) is 33.5 Å². The first-order chi connectivity index (χ1) is 7.41. The summed E-state index contributed by atoms with van der Waals surface area (Å²) in [4.78, 5) is 2.22. The maximum Gasteiger partial charge on any atom is 0.179 e. The Morgan fingerprint density at radius 1 is 1.25 bits per heavy atom. The van der Waals surface area contributed by atoms with Crippen molar-refractivity contribution in [3.8, 4) is 5.75 Å². The van der Waals surface area contributed by atoms with E-state index in [0.29, 0.717) is 12.4 Å². The molecule has 90 valence electrons. The van der Waals surface area contributed by atoms with Gasteiger partial charge in [0.1, 0.15) is 17.3 Å². The van der Waals surface area contributed by atoms with E-state index >= 15 is 0 Å². The summed E-state index contributed by atoms with van der Waals surface area (Å²) in [6, 6.07) is 6.68. The predicted octanol–water partition coefficient (Wildman–Crippen LogP) is 1.03. The van der Waals surface area contributed by atoms with Gasteiger partial charge in [-0.2, -0.15) is 0 Å². The summed E-state index contributed by atoms with van der Waals surface area (Å²) in [5, 5.41) is 0. The first-order valence-corrected chi connectivity index (χ1v) is 6.87. The average Bonchev–Trinajstić information content (AvgIpc) is 2.16. The first kappa shape index (κ1) is 13.0. The van der Waals surface area contributed by atoms with Gasteiger partial charge >= 0.3 is 0 Å². The quantitative estimate of drug-likeness (QED) is 0.775. The maximum absolute atomic E-state index is 11.5. The van der Waals surface area contributed by atoms with Crippen LogP contribution >= 0.6 is 0 Å². The largest absolute Gasteiger partial charge is 0.491 e. The maximum atomic E-state index is 11.5. The van der Waals surface area contributed by atoms with E-state index in [4.69, 9.17) is 4.74 Å². The summed E-state index contributed by atoms with van der Waals surface area (Å²) in [6.45, 7) is 1.22. The zero-order chi connectivity index (χ0) is 12.2. The highest BCUT2D eigenvalue weighted by Crippen LogP contribution is 2.22. The SMILES string of the molecule is CN(C)CCOc1ccccc1S(C)(=O)=O. The lowest BCUT2D eigenvalue weighted by Gasteiger charge is -2.13. The van der Waals surface area contributed by atoms with Gasteiger partial charge in [-0.3, -0.25) is 0 Å². The summed E-state index contributed by atoms with van der Waals surface area (Å²) in [5.74, 6) is 0.423. The summed E-state index contributed by atoms with van der Waals surface area (Å²) in [6.07, 6.45) is 1.18. The van der Waals surface area contributed by atoms with Crippen molar-refractivity contribution in [3.63, 3.8) is 0 Å². The monoisotopic (exact) mass is 243 g/mol. The lowest BCUT2D eigenvalue weighted by molar-refractivity contribution is 0.256. The van der Waals surface area contributed by atoms with Crippen molar-refractivity contribution in [3.05, 3.63) is 24.3 Å². The molecule has 0 saturated heterocycles.